The third-order valence-corrected chi connectivity index (χ3v) is 5.53. The molecule has 0 bridgehead atoms. The van der Waals surface area contributed by atoms with E-state index in [0.717, 1.165) is 46.3 Å². The minimum atomic E-state index is -4.32. The highest BCUT2D eigenvalue weighted by Gasteiger charge is 2.30. The summed E-state index contributed by atoms with van der Waals surface area (Å²) < 4.78 is 55.0. The molecule has 32 heavy (non-hydrogen) atoms. The van der Waals surface area contributed by atoms with Gasteiger partial charge in [-0.15, -0.1) is 0 Å². The number of pyridine rings is 1. The molecule has 0 unspecified atom stereocenters. The first-order valence-corrected chi connectivity index (χ1v) is 10.5. The van der Waals surface area contributed by atoms with E-state index in [1.165, 1.54) is 12.1 Å². The van der Waals surface area contributed by atoms with Crippen LogP contribution in [-0.4, -0.2) is 37.6 Å². The van der Waals surface area contributed by atoms with Crippen LogP contribution in [0.25, 0.3) is 10.9 Å². The monoisotopic (exact) mass is 446 g/mol. The molecule has 0 saturated carbocycles. The van der Waals surface area contributed by atoms with Gasteiger partial charge in [-0.25, -0.2) is 0 Å². The highest BCUT2D eigenvalue weighted by molar-refractivity contribution is 5.83. The lowest BCUT2D eigenvalue weighted by molar-refractivity contribution is -0.192. The number of hydrogen-bond acceptors (Lipinski definition) is 5. The van der Waals surface area contributed by atoms with Crippen LogP contribution in [0.3, 0.4) is 0 Å². The molecule has 170 valence electrons. The largest absolute Gasteiger partial charge is 0.497 e. The van der Waals surface area contributed by atoms with E-state index < -0.39 is 11.7 Å². The molecule has 1 N–H and O–H groups in total. The average Bonchev–Trinajstić information content (AvgIpc) is 2.81. The number of halogens is 3. The summed E-state index contributed by atoms with van der Waals surface area (Å²) in [7, 11) is 1.64. The summed E-state index contributed by atoms with van der Waals surface area (Å²) in [6.45, 7) is 1.41. The van der Waals surface area contributed by atoms with Gasteiger partial charge in [0.05, 0.1) is 37.4 Å². The van der Waals surface area contributed by atoms with Crippen LogP contribution < -0.4 is 10.1 Å². The fourth-order valence-electron chi connectivity index (χ4n) is 3.70. The maximum atomic E-state index is 12.7. The van der Waals surface area contributed by atoms with Gasteiger partial charge in [-0.2, -0.15) is 13.2 Å². The van der Waals surface area contributed by atoms with Crippen molar-refractivity contribution in [1.82, 2.24) is 10.3 Å². The van der Waals surface area contributed by atoms with E-state index in [0.29, 0.717) is 26.2 Å². The van der Waals surface area contributed by atoms with Gasteiger partial charge in [-0.3, -0.25) is 4.98 Å². The van der Waals surface area contributed by atoms with Gasteiger partial charge in [0.2, 0.25) is 0 Å². The van der Waals surface area contributed by atoms with Crippen molar-refractivity contribution in [3.8, 4) is 5.75 Å². The first-order chi connectivity index (χ1) is 15.4. The zero-order valence-corrected chi connectivity index (χ0v) is 17.7. The quantitative estimate of drug-likeness (QED) is 0.569. The summed E-state index contributed by atoms with van der Waals surface area (Å²) in [5.41, 5.74) is 2.21. The van der Waals surface area contributed by atoms with Gasteiger partial charge in [-0.1, -0.05) is 12.1 Å². The van der Waals surface area contributed by atoms with E-state index in [9.17, 15) is 13.2 Å². The van der Waals surface area contributed by atoms with Crippen molar-refractivity contribution in [2.45, 2.75) is 37.9 Å². The third kappa shape index (κ3) is 5.56. The molecule has 1 aliphatic rings. The molecule has 2 heterocycles. The Morgan fingerprint density at radius 2 is 1.81 bits per heavy atom. The van der Waals surface area contributed by atoms with Crippen molar-refractivity contribution in [2.24, 2.45) is 0 Å². The molecule has 0 atom stereocenters. The predicted octanol–water partition coefficient (Wildman–Crippen LogP) is 4.73. The maximum absolute atomic E-state index is 12.7. The number of nitrogens with zero attached hydrogens (tertiary/aromatic N) is 1. The molecule has 1 aromatic heterocycles. The Hall–Kier alpha value is -2.68. The Bertz CT molecular complexity index is 1030. The van der Waals surface area contributed by atoms with Gasteiger partial charge in [-0.05, 0) is 53.9 Å². The van der Waals surface area contributed by atoms with Gasteiger partial charge in [0.15, 0.2) is 6.29 Å². The number of alkyl halides is 3. The molecule has 0 radical (unpaired) electrons. The van der Waals surface area contributed by atoms with Gasteiger partial charge >= 0.3 is 6.18 Å². The normalized spacial score (nSPS) is 19.2. The molecule has 1 fully saturated rings. The summed E-state index contributed by atoms with van der Waals surface area (Å²) in [5, 5.41) is 4.33. The average molecular weight is 446 g/mol. The predicted molar refractivity (Wildman–Crippen MR) is 114 cm³/mol. The molecule has 1 aliphatic heterocycles. The summed E-state index contributed by atoms with van der Waals surface area (Å²) in [5.74, 6) is 0.791. The molecule has 1 saturated heterocycles. The van der Waals surface area contributed by atoms with Crippen LogP contribution in [0.15, 0.2) is 54.7 Å². The smallest absolute Gasteiger partial charge is 0.416 e. The maximum Gasteiger partial charge on any atom is 0.416 e. The lowest BCUT2D eigenvalue weighted by atomic mass is 10.0. The summed E-state index contributed by atoms with van der Waals surface area (Å²) in [6, 6.07) is 13.0. The Balaban J connectivity index is 1.24. The zero-order valence-electron chi connectivity index (χ0n) is 17.7. The number of hydrogen-bond donors (Lipinski definition) is 1. The van der Waals surface area contributed by atoms with Crippen LogP contribution in [0, 0.1) is 0 Å². The third-order valence-electron chi connectivity index (χ3n) is 5.53. The minimum Gasteiger partial charge on any atom is -0.497 e. The highest BCUT2D eigenvalue weighted by atomic mass is 19.4. The van der Waals surface area contributed by atoms with Crippen molar-refractivity contribution in [3.05, 3.63) is 71.4 Å². The lowest BCUT2D eigenvalue weighted by Crippen LogP contribution is -2.44. The molecule has 5 nitrogen and oxygen atoms in total. The molecule has 3 aromatic rings. The Morgan fingerprint density at radius 1 is 1.06 bits per heavy atom. The SMILES string of the molecule is COc1ccc2nccc(CCC3OCC(NCc4ccc(C(F)(F)F)cc4)CO3)c2c1. The van der Waals surface area contributed by atoms with E-state index >= 15 is 0 Å². The molecule has 2 aromatic carbocycles. The fourth-order valence-corrected chi connectivity index (χ4v) is 3.70. The molecule has 0 spiro atoms. The van der Waals surface area contributed by atoms with Gasteiger partial charge in [0, 0.05) is 24.5 Å². The van der Waals surface area contributed by atoms with Crippen LogP contribution in [0.1, 0.15) is 23.1 Å². The van der Waals surface area contributed by atoms with Crippen molar-refractivity contribution < 1.29 is 27.4 Å². The van der Waals surface area contributed by atoms with Crippen LogP contribution in [0.5, 0.6) is 5.75 Å². The van der Waals surface area contributed by atoms with Gasteiger partial charge in [0.1, 0.15) is 5.75 Å². The van der Waals surface area contributed by atoms with Crippen LogP contribution in [0.4, 0.5) is 13.2 Å². The first kappa shape index (κ1) is 22.5. The molecular formula is C24H25F3N2O3. The van der Waals surface area contributed by atoms with E-state index in [1.807, 2.05) is 24.3 Å². The van der Waals surface area contributed by atoms with Crippen molar-refractivity contribution >= 4 is 10.9 Å². The number of rotatable bonds is 7. The first-order valence-electron chi connectivity index (χ1n) is 10.5. The summed E-state index contributed by atoms with van der Waals surface area (Å²) >= 11 is 0. The molecule has 0 amide bonds. The topological polar surface area (TPSA) is 52.6 Å². The molecule has 0 aliphatic carbocycles. The number of benzene rings is 2. The number of fused-ring (bicyclic) bond motifs is 1. The second-order valence-electron chi connectivity index (χ2n) is 7.76. The summed E-state index contributed by atoms with van der Waals surface area (Å²) in [6.07, 6.45) is -1.33. The number of ether oxygens (including phenoxy) is 3. The standard InChI is InChI=1S/C24H25F3N2O3/c1-30-20-7-8-22-21(12-20)17(10-11-28-22)4-9-23-31-14-19(15-32-23)29-13-16-2-5-18(6-3-16)24(25,26)27/h2-3,5-8,10-12,19,23,29H,4,9,13-15H2,1H3. The van der Waals surface area contributed by atoms with Gasteiger partial charge < -0.3 is 19.5 Å². The van der Waals surface area contributed by atoms with Crippen LogP contribution >= 0.6 is 0 Å². The van der Waals surface area contributed by atoms with Crippen molar-refractivity contribution in [3.63, 3.8) is 0 Å². The number of methoxy groups -OCH3 is 1. The van der Waals surface area contributed by atoms with E-state index in [4.69, 9.17) is 14.2 Å². The molecule has 4 rings (SSSR count). The van der Waals surface area contributed by atoms with E-state index in [-0.39, 0.29) is 12.3 Å². The second-order valence-corrected chi connectivity index (χ2v) is 7.76. The highest BCUT2D eigenvalue weighted by Crippen LogP contribution is 2.29. The van der Waals surface area contributed by atoms with E-state index in [2.05, 4.69) is 10.3 Å². The molecule has 8 heteroatoms. The summed E-state index contributed by atoms with van der Waals surface area (Å²) in [4.78, 5) is 4.40. The number of nitrogens with one attached hydrogen (secondary N) is 1. The molecular weight excluding hydrogens is 421 g/mol. The number of aryl methyl sites for hydroxylation is 1. The van der Waals surface area contributed by atoms with Crippen molar-refractivity contribution in [2.75, 3.05) is 20.3 Å². The Labute approximate surface area is 184 Å². The van der Waals surface area contributed by atoms with E-state index in [1.54, 1.807) is 13.3 Å². The Kier molecular flexibility index (Phi) is 6.93. The second kappa shape index (κ2) is 9.85. The number of aromatic nitrogens is 1. The van der Waals surface area contributed by atoms with Gasteiger partial charge in [0.25, 0.3) is 0 Å². The fraction of sp³-hybridized carbons (Fsp3) is 0.375. The van der Waals surface area contributed by atoms with Crippen LogP contribution in [0.2, 0.25) is 0 Å². The zero-order chi connectivity index (χ0) is 22.6. The lowest BCUT2D eigenvalue weighted by Gasteiger charge is -2.30. The Morgan fingerprint density at radius 3 is 2.50 bits per heavy atom. The van der Waals surface area contributed by atoms with Crippen LogP contribution in [-0.2, 0) is 28.6 Å². The van der Waals surface area contributed by atoms with Crippen molar-refractivity contribution in [1.29, 1.82) is 0 Å². The minimum absolute atomic E-state index is 0.0143.